The summed E-state index contributed by atoms with van der Waals surface area (Å²) in [5, 5.41) is 17.7. The van der Waals surface area contributed by atoms with Gasteiger partial charge >= 0.3 is 5.69 Å². The van der Waals surface area contributed by atoms with Crippen molar-refractivity contribution in [1.82, 2.24) is 5.32 Å². The molecule has 0 unspecified atom stereocenters. The maximum absolute atomic E-state index is 13.5. The first-order valence-corrected chi connectivity index (χ1v) is 6.55. The number of halogens is 1. The van der Waals surface area contributed by atoms with Crippen LogP contribution in [0.15, 0.2) is 17.0 Å². The van der Waals surface area contributed by atoms with Crippen LogP contribution in [-0.2, 0) is 14.8 Å². The standard InChI is InChI=1S/C9H10FN3O6S/c1-12-9(14)4-19-7-2-5(10)8(20(11,17)18)3-6(7)13(15)16/h2-3H,4H2,1H3,(H,12,14)(H2,11,17,18). The maximum Gasteiger partial charge on any atom is 0.312 e. The fraction of sp³-hybridized carbons (Fsp3) is 0.222. The van der Waals surface area contributed by atoms with Gasteiger partial charge in [0, 0.05) is 19.2 Å². The second-order valence-corrected chi connectivity index (χ2v) is 5.04. The Hall–Kier alpha value is -2.27. The summed E-state index contributed by atoms with van der Waals surface area (Å²) in [4.78, 5) is 19.7. The number of nitro groups is 1. The minimum Gasteiger partial charge on any atom is -0.477 e. The highest BCUT2D eigenvalue weighted by Crippen LogP contribution is 2.31. The molecule has 0 bridgehead atoms. The normalized spacial score (nSPS) is 10.9. The molecule has 0 aliphatic rings. The van der Waals surface area contributed by atoms with Crippen molar-refractivity contribution in [2.75, 3.05) is 13.7 Å². The average Bonchev–Trinajstić information content (AvgIpc) is 2.33. The molecule has 0 atom stereocenters. The van der Waals surface area contributed by atoms with Gasteiger partial charge in [-0.2, -0.15) is 0 Å². The molecule has 0 fully saturated rings. The summed E-state index contributed by atoms with van der Waals surface area (Å²) >= 11 is 0. The Morgan fingerprint density at radius 1 is 1.55 bits per heavy atom. The van der Waals surface area contributed by atoms with Crippen molar-refractivity contribution in [1.29, 1.82) is 0 Å². The van der Waals surface area contributed by atoms with Crippen molar-refractivity contribution in [2.24, 2.45) is 5.14 Å². The predicted molar refractivity (Wildman–Crippen MR) is 64.0 cm³/mol. The van der Waals surface area contributed by atoms with E-state index in [-0.39, 0.29) is 0 Å². The van der Waals surface area contributed by atoms with Gasteiger partial charge in [0.1, 0.15) is 10.7 Å². The number of rotatable bonds is 5. The summed E-state index contributed by atoms with van der Waals surface area (Å²) in [5.74, 6) is -2.50. The van der Waals surface area contributed by atoms with Crippen LogP contribution < -0.4 is 15.2 Å². The molecule has 1 rings (SSSR count). The van der Waals surface area contributed by atoms with Crippen LogP contribution in [0.3, 0.4) is 0 Å². The average molecular weight is 307 g/mol. The van der Waals surface area contributed by atoms with Gasteiger partial charge in [-0.3, -0.25) is 14.9 Å². The Bertz CT molecular complexity index is 660. The molecule has 0 spiro atoms. The van der Waals surface area contributed by atoms with Gasteiger partial charge in [0.2, 0.25) is 15.8 Å². The van der Waals surface area contributed by atoms with Crippen LogP contribution in [-0.4, -0.2) is 32.9 Å². The first-order valence-electron chi connectivity index (χ1n) is 5.01. The minimum atomic E-state index is -4.46. The zero-order chi connectivity index (χ0) is 15.5. The maximum atomic E-state index is 13.5. The third-order valence-corrected chi connectivity index (χ3v) is 3.08. The summed E-state index contributed by atoms with van der Waals surface area (Å²) in [6.45, 7) is -0.592. The highest BCUT2D eigenvalue weighted by molar-refractivity contribution is 7.89. The van der Waals surface area contributed by atoms with Crippen LogP contribution in [0, 0.1) is 15.9 Å². The second-order valence-electron chi connectivity index (χ2n) is 3.51. The van der Waals surface area contributed by atoms with Gasteiger partial charge in [-0.1, -0.05) is 0 Å². The van der Waals surface area contributed by atoms with E-state index in [4.69, 9.17) is 9.88 Å². The monoisotopic (exact) mass is 307 g/mol. The SMILES string of the molecule is CNC(=O)COc1cc(F)c(S(N)(=O)=O)cc1[N+](=O)[O-]. The predicted octanol–water partition coefficient (Wildman–Crippen LogP) is -0.494. The number of sulfonamides is 1. The van der Waals surface area contributed by atoms with E-state index in [2.05, 4.69) is 5.32 Å². The number of hydrogen-bond donors (Lipinski definition) is 2. The summed E-state index contributed by atoms with van der Waals surface area (Å²) in [6, 6.07) is 0.921. The minimum absolute atomic E-state index is 0.434. The van der Waals surface area contributed by atoms with E-state index in [9.17, 15) is 27.7 Å². The van der Waals surface area contributed by atoms with Crippen LogP contribution in [0.25, 0.3) is 0 Å². The van der Waals surface area contributed by atoms with E-state index >= 15 is 0 Å². The number of nitrogens with one attached hydrogen (secondary N) is 1. The lowest BCUT2D eigenvalue weighted by Gasteiger charge is -2.08. The summed E-state index contributed by atoms with van der Waals surface area (Å²) in [6.07, 6.45) is 0. The molecule has 9 nitrogen and oxygen atoms in total. The Morgan fingerprint density at radius 2 is 2.15 bits per heavy atom. The van der Waals surface area contributed by atoms with E-state index in [0.717, 1.165) is 0 Å². The van der Waals surface area contributed by atoms with Crippen molar-refractivity contribution >= 4 is 21.6 Å². The summed E-state index contributed by atoms with van der Waals surface area (Å²) in [5.41, 5.74) is -0.820. The number of nitro benzene ring substituents is 1. The number of carbonyl (C=O) groups is 1. The van der Waals surface area contributed by atoms with Gasteiger partial charge in [0.25, 0.3) is 5.91 Å². The van der Waals surface area contributed by atoms with Gasteiger partial charge in [-0.25, -0.2) is 17.9 Å². The van der Waals surface area contributed by atoms with E-state index in [1.807, 2.05) is 0 Å². The Kier molecular flexibility index (Phi) is 4.57. The van der Waals surface area contributed by atoms with Crippen LogP contribution in [0.4, 0.5) is 10.1 Å². The molecule has 0 aliphatic heterocycles. The van der Waals surface area contributed by atoms with Gasteiger partial charge in [0.05, 0.1) is 4.92 Å². The lowest BCUT2D eigenvalue weighted by molar-refractivity contribution is -0.386. The smallest absolute Gasteiger partial charge is 0.312 e. The number of amides is 1. The van der Waals surface area contributed by atoms with E-state index in [1.54, 1.807) is 0 Å². The third-order valence-electron chi connectivity index (χ3n) is 2.15. The van der Waals surface area contributed by atoms with Crippen LogP contribution in [0.1, 0.15) is 0 Å². The van der Waals surface area contributed by atoms with Crippen LogP contribution in [0.5, 0.6) is 5.75 Å². The molecule has 11 heteroatoms. The van der Waals surface area contributed by atoms with Gasteiger partial charge in [-0.05, 0) is 0 Å². The number of hydrogen-bond acceptors (Lipinski definition) is 6. The van der Waals surface area contributed by atoms with Crippen molar-refractivity contribution in [3.63, 3.8) is 0 Å². The molecule has 1 aromatic carbocycles. The largest absolute Gasteiger partial charge is 0.477 e. The van der Waals surface area contributed by atoms with Crippen molar-refractivity contribution < 1.29 is 27.3 Å². The molecule has 0 radical (unpaired) electrons. The molecule has 1 aromatic rings. The van der Waals surface area contributed by atoms with Crippen molar-refractivity contribution in [3.8, 4) is 5.75 Å². The Labute approximate surface area is 112 Å². The molecule has 0 aromatic heterocycles. The zero-order valence-electron chi connectivity index (χ0n) is 10.1. The van der Waals surface area contributed by atoms with Crippen molar-refractivity contribution in [2.45, 2.75) is 4.90 Å². The zero-order valence-corrected chi connectivity index (χ0v) is 10.9. The lowest BCUT2D eigenvalue weighted by atomic mass is 10.3. The molecular weight excluding hydrogens is 297 g/mol. The molecule has 20 heavy (non-hydrogen) atoms. The highest BCUT2D eigenvalue weighted by Gasteiger charge is 2.25. The highest BCUT2D eigenvalue weighted by atomic mass is 32.2. The van der Waals surface area contributed by atoms with E-state index < -0.39 is 49.6 Å². The third kappa shape index (κ3) is 3.61. The first kappa shape index (κ1) is 15.8. The molecule has 3 N–H and O–H groups in total. The number of carbonyl (C=O) groups excluding carboxylic acids is 1. The Balaban J connectivity index is 3.29. The summed E-state index contributed by atoms with van der Waals surface area (Å²) < 4.78 is 40.4. The second kappa shape index (κ2) is 5.79. The molecule has 110 valence electrons. The number of nitrogens with two attached hydrogens (primary N) is 1. The topological polar surface area (TPSA) is 142 Å². The number of primary sulfonamides is 1. The first-order chi connectivity index (χ1) is 9.16. The number of nitrogens with zero attached hydrogens (tertiary/aromatic N) is 1. The van der Waals surface area contributed by atoms with Crippen LogP contribution >= 0.6 is 0 Å². The Morgan fingerprint density at radius 3 is 2.60 bits per heavy atom. The molecule has 0 saturated carbocycles. The molecule has 0 saturated heterocycles. The molecule has 0 heterocycles. The molecule has 1 amide bonds. The molecule has 0 aliphatic carbocycles. The fourth-order valence-corrected chi connectivity index (χ4v) is 1.82. The molecular formula is C9H10FN3O6S. The summed E-state index contributed by atoms with van der Waals surface area (Å²) in [7, 11) is -3.15. The number of likely N-dealkylation sites (N-methyl/N-ethyl adjacent to an activating group) is 1. The number of benzene rings is 1. The quantitative estimate of drug-likeness (QED) is 0.555. The lowest BCUT2D eigenvalue weighted by Crippen LogP contribution is -2.25. The van der Waals surface area contributed by atoms with E-state index in [0.29, 0.717) is 12.1 Å². The number of ether oxygens (including phenoxy) is 1. The van der Waals surface area contributed by atoms with Crippen LogP contribution in [0.2, 0.25) is 0 Å². The van der Waals surface area contributed by atoms with Crippen molar-refractivity contribution in [3.05, 3.63) is 28.1 Å². The van der Waals surface area contributed by atoms with Gasteiger partial charge in [0.15, 0.2) is 6.61 Å². The van der Waals surface area contributed by atoms with Gasteiger partial charge in [-0.15, -0.1) is 0 Å². The van der Waals surface area contributed by atoms with Gasteiger partial charge < -0.3 is 10.1 Å². The fourth-order valence-electron chi connectivity index (χ4n) is 1.22. The van der Waals surface area contributed by atoms with E-state index in [1.165, 1.54) is 7.05 Å².